The SMILES string of the molecule is Cc1c(NC(=O)c2cccc(NC(=O)c3cccc(S(=O)(=O)N4c5ccccc5C[C@H]4C)c3)c2)c(=O)n(-c2ccccc2)n1C. The van der Waals surface area contributed by atoms with Gasteiger partial charge in [0, 0.05) is 29.9 Å². The molecule has 11 heteroatoms. The highest BCUT2D eigenvalue weighted by atomic mass is 32.2. The standard InChI is InChI=1S/C34H31N5O5S/c1-22-19-24-11-7-8-18-30(24)39(22)45(43,44)29-17-10-13-26(21-29)32(40)35-27-14-9-12-25(20-27)33(41)36-31-23(2)37(3)38(34(31)42)28-15-5-4-6-16-28/h4-18,20-22H,19H2,1-3H3,(H,35,40)(H,36,41)/t22-/m1/s1. The first-order chi connectivity index (χ1) is 21.6. The van der Waals surface area contributed by atoms with Crippen molar-refractivity contribution in [3.8, 4) is 5.69 Å². The molecule has 2 amide bonds. The Morgan fingerprint density at radius 1 is 0.800 bits per heavy atom. The zero-order valence-corrected chi connectivity index (χ0v) is 25.7. The van der Waals surface area contributed by atoms with E-state index in [0.717, 1.165) is 5.56 Å². The Balaban J connectivity index is 1.21. The molecule has 2 heterocycles. The highest BCUT2D eigenvalue weighted by molar-refractivity contribution is 7.92. The van der Waals surface area contributed by atoms with Crippen LogP contribution in [0.15, 0.2) is 113 Å². The Kier molecular flexibility index (Phi) is 7.63. The second kappa shape index (κ2) is 11.6. The second-order valence-corrected chi connectivity index (χ2v) is 12.8. The van der Waals surface area contributed by atoms with E-state index in [1.54, 1.807) is 61.1 Å². The zero-order valence-electron chi connectivity index (χ0n) is 24.9. The van der Waals surface area contributed by atoms with Crippen LogP contribution in [0.4, 0.5) is 17.1 Å². The predicted octanol–water partition coefficient (Wildman–Crippen LogP) is 5.13. The number of hydrogen-bond acceptors (Lipinski definition) is 5. The van der Waals surface area contributed by atoms with E-state index in [0.29, 0.717) is 29.2 Å². The number of carbonyl (C=O) groups excluding carboxylic acids is 2. The fourth-order valence-corrected chi connectivity index (χ4v) is 7.39. The fourth-order valence-electron chi connectivity index (χ4n) is 5.65. The molecule has 2 N–H and O–H groups in total. The van der Waals surface area contributed by atoms with Crippen LogP contribution in [0.2, 0.25) is 0 Å². The summed E-state index contributed by atoms with van der Waals surface area (Å²) in [7, 11) is -2.20. The quantitative estimate of drug-likeness (QED) is 0.261. The van der Waals surface area contributed by atoms with Crippen LogP contribution >= 0.6 is 0 Å². The van der Waals surface area contributed by atoms with Gasteiger partial charge < -0.3 is 10.6 Å². The van der Waals surface area contributed by atoms with Crippen LogP contribution < -0.4 is 20.5 Å². The summed E-state index contributed by atoms with van der Waals surface area (Å²) < 4.78 is 31.9. The minimum absolute atomic E-state index is 0.00576. The van der Waals surface area contributed by atoms with Crippen LogP contribution in [0, 0.1) is 6.92 Å². The minimum Gasteiger partial charge on any atom is -0.322 e. The number of anilines is 3. The number of hydrogen-bond donors (Lipinski definition) is 2. The molecule has 0 fully saturated rings. The van der Waals surface area contributed by atoms with Crippen molar-refractivity contribution in [2.75, 3.05) is 14.9 Å². The Labute approximate surface area is 260 Å². The second-order valence-electron chi connectivity index (χ2n) is 10.9. The Morgan fingerprint density at radius 3 is 2.20 bits per heavy atom. The Bertz CT molecular complexity index is 2120. The fraction of sp³-hybridized carbons (Fsp3) is 0.147. The first-order valence-electron chi connectivity index (χ1n) is 14.4. The molecule has 6 rings (SSSR count). The molecule has 1 aliphatic heterocycles. The molecule has 0 spiro atoms. The number of benzene rings is 4. The molecule has 1 atom stereocenters. The third-order valence-electron chi connectivity index (χ3n) is 7.97. The van der Waals surface area contributed by atoms with E-state index < -0.39 is 21.8 Å². The van der Waals surface area contributed by atoms with Crippen LogP contribution in [0.1, 0.15) is 38.9 Å². The lowest BCUT2D eigenvalue weighted by atomic mass is 10.1. The molecule has 0 bridgehead atoms. The van der Waals surface area contributed by atoms with Gasteiger partial charge in [-0.3, -0.25) is 23.4 Å². The van der Waals surface area contributed by atoms with Crippen molar-refractivity contribution in [1.82, 2.24) is 9.36 Å². The monoisotopic (exact) mass is 621 g/mol. The maximum atomic E-state index is 13.7. The van der Waals surface area contributed by atoms with Crippen LogP contribution in [-0.2, 0) is 23.5 Å². The minimum atomic E-state index is -3.93. The summed E-state index contributed by atoms with van der Waals surface area (Å²) in [5.41, 5.74) is 3.30. The molecular weight excluding hydrogens is 590 g/mol. The number of rotatable bonds is 7. The maximum absolute atomic E-state index is 13.7. The van der Waals surface area contributed by atoms with E-state index in [1.165, 1.54) is 39.3 Å². The molecule has 0 saturated heterocycles. The van der Waals surface area contributed by atoms with Crippen molar-refractivity contribution in [3.63, 3.8) is 0 Å². The molecular formula is C34H31N5O5S. The third kappa shape index (κ3) is 5.42. The van der Waals surface area contributed by atoms with Crippen molar-refractivity contribution >= 4 is 38.9 Å². The normalized spacial score (nSPS) is 14.2. The molecule has 1 aliphatic rings. The summed E-state index contributed by atoms with van der Waals surface area (Å²) in [4.78, 5) is 39.7. The lowest BCUT2D eigenvalue weighted by Gasteiger charge is -2.24. The summed E-state index contributed by atoms with van der Waals surface area (Å²) in [6.07, 6.45) is 0.604. The van der Waals surface area contributed by atoms with E-state index in [2.05, 4.69) is 10.6 Å². The van der Waals surface area contributed by atoms with Crippen molar-refractivity contribution in [1.29, 1.82) is 0 Å². The van der Waals surface area contributed by atoms with Crippen LogP contribution in [0.25, 0.3) is 5.69 Å². The molecule has 0 saturated carbocycles. The summed E-state index contributed by atoms with van der Waals surface area (Å²) >= 11 is 0. The molecule has 0 radical (unpaired) electrons. The highest BCUT2D eigenvalue weighted by Crippen LogP contribution is 2.36. The summed E-state index contributed by atoms with van der Waals surface area (Å²) in [6.45, 7) is 3.60. The molecule has 5 aromatic rings. The summed E-state index contributed by atoms with van der Waals surface area (Å²) in [6, 6.07) is 28.4. The molecule has 0 aliphatic carbocycles. The number of nitrogens with one attached hydrogen (secondary N) is 2. The summed E-state index contributed by atoms with van der Waals surface area (Å²) in [5, 5.41) is 5.47. The Hall–Kier alpha value is -5.42. The van der Waals surface area contributed by atoms with Crippen molar-refractivity contribution in [2.24, 2.45) is 7.05 Å². The lowest BCUT2D eigenvalue weighted by molar-refractivity contribution is 0.101. The molecule has 228 valence electrons. The number of nitrogens with zero attached hydrogens (tertiary/aromatic N) is 3. The van der Waals surface area contributed by atoms with Gasteiger partial charge in [-0.1, -0.05) is 48.5 Å². The van der Waals surface area contributed by atoms with Gasteiger partial charge in [-0.2, -0.15) is 0 Å². The predicted molar refractivity (Wildman–Crippen MR) is 174 cm³/mol. The number of para-hydroxylation sites is 2. The van der Waals surface area contributed by atoms with Crippen LogP contribution in [0.5, 0.6) is 0 Å². The van der Waals surface area contributed by atoms with Gasteiger partial charge in [0.25, 0.3) is 27.4 Å². The first-order valence-corrected chi connectivity index (χ1v) is 15.8. The average Bonchev–Trinajstić information content (AvgIpc) is 3.49. The van der Waals surface area contributed by atoms with Crippen molar-refractivity contribution in [3.05, 3.63) is 136 Å². The third-order valence-corrected chi connectivity index (χ3v) is 9.90. The van der Waals surface area contributed by atoms with Gasteiger partial charge in [-0.25, -0.2) is 13.1 Å². The van der Waals surface area contributed by atoms with Gasteiger partial charge in [-0.15, -0.1) is 0 Å². The van der Waals surface area contributed by atoms with Gasteiger partial charge in [0.15, 0.2) is 0 Å². The molecule has 10 nitrogen and oxygen atoms in total. The molecule has 4 aromatic carbocycles. The van der Waals surface area contributed by atoms with E-state index in [1.807, 2.05) is 37.3 Å². The van der Waals surface area contributed by atoms with Gasteiger partial charge >= 0.3 is 0 Å². The van der Waals surface area contributed by atoms with Crippen molar-refractivity contribution < 1.29 is 18.0 Å². The van der Waals surface area contributed by atoms with Crippen molar-refractivity contribution in [2.45, 2.75) is 31.2 Å². The maximum Gasteiger partial charge on any atom is 0.295 e. The molecule has 0 unspecified atom stereocenters. The number of sulfonamides is 1. The Morgan fingerprint density at radius 2 is 1.44 bits per heavy atom. The number of aromatic nitrogens is 2. The van der Waals surface area contributed by atoms with E-state index in [9.17, 15) is 22.8 Å². The smallest absolute Gasteiger partial charge is 0.295 e. The van der Waals surface area contributed by atoms with Gasteiger partial charge in [0.05, 0.1) is 22.0 Å². The summed E-state index contributed by atoms with van der Waals surface area (Å²) in [5.74, 6) is -1.06. The number of fused-ring (bicyclic) bond motifs is 1. The average molecular weight is 622 g/mol. The van der Waals surface area contributed by atoms with Gasteiger partial charge in [-0.05, 0) is 80.4 Å². The van der Waals surface area contributed by atoms with Crippen LogP contribution in [0.3, 0.4) is 0 Å². The van der Waals surface area contributed by atoms with Crippen LogP contribution in [-0.4, -0.2) is 35.6 Å². The van der Waals surface area contributed by atoms with E-state index >= 15 is 0 Å². The van der Waals surface area contributed by atoms with E-state index in [-0.39, 0.29) is 33.3 Å². The molecule has 45 heavy (non-hydrogen) atoms. The van der Waals surface area contributed by atoms with E-state index in [4.69, 9.17) is 0 Å². The topological polar surface area (TPSA) is 123 Å². The first kappa shape index (κ1) is 29.6. The lowest BCUT2D eigenvalue weighted by Crippen LogP contribution is -2.35. The largest absolute Gasteiger partial charge is 0.322 e. The number of carbonyl (C=O) groups is 2. The zero-order chi connectivity index (χ0) is 31.9. The number of amides is 2. The highest BCUT2D eigenvalue weighted by Gasteiger charge is 2.36. The van der Waals surface area contributed by atoms with Gasteiger partial charge in [0.2, 0.25) is 0 Å². The van der Waals surface area contributed by atoms with Gasteiger partial charge in [0.1, 0.15) is 5.69 Å². The molecule has 1 aromatic heterocycles.